The smallest absolute Gasteiger partial charge is 0.162 e. The minimum absolute atomic E-state index is 0. The molecule has 0 atom stereocenters. The van der Waals surface area contributed by atoms with Gasteiger partial charge >= 0.3 is 0 Å². The predicted octanol–water partition coefficient (Wildman–Crippen LogP) is 11.7. The van der Waals surface area contributed by atoms with E-state index in [1.807, 2.05) is 39.8 Å². The molecule has 1 N–H and O–H groups in total. The summed E-state index contributed by atoms with van der Waals surface area (Å²) in [5, 5.41) is 12.2. The van der Waals surface area contributed by atoms with Gasteiger partial charge in [-0.1, -0.05) is 103 Å². The average Bonchev–Trinajstić information content (AvgIpc) is 3.55. The molecule has 1 aliphatic rings. The molecule has 5 heteroatoms. The van der Waals surface area contributed by atoms with Crippen LogP contribution in [0.25, 0.3) is 44.5 Å². The van der Waals surface area contributed by atoms with E-state index in [0.29, 0.717) is 5.92 Å². The molecule has 0 unspecified atom stereocenters. The van der Waals surface area contributed by atoms with Crippen LogP contribution in [0.1, 0.15) is 104 Å². The molecule has 1 aliphatic carbocycles. The molecule has 4 nitrogen and oxygen atoms in total. The van der Waals surface area contributed by atoms with E-state index >= 15 is 0 Å². The van der Waals surface area contributed by atoms with E-state index < -0.39 is 0 Å². The van der Waals surface area contributed by atoms with E-state index in [2.05, 4.69) is 88.4 Å². The first-order chi connectivity index (χ1) is 22.1. The Morgan fingerprint density at radius 1 is 0.894 bits per heavy atom. The van der Waals surface area contributed by atoms with Crippen molar-refractivity contribution in [2.45, 2.75) is 92.4 Å². The maximum Gasteiger partial charge on any atom is 0.162 e. The van der Waals surface area contributed by atoms with Gasteiger partial charge in [-0.05, 0) is 60.4 Å². The second-order valence-electron chi connectivity index (χ2n) is 13.3. The number of aromatic nitrogens is 1. The number of hydrogen-bond acceptors (Lipinski definition) is 4. The quantitative estimate of drug-likeness (QED) is 0.0915. The van der Waals surface area contributed by atoms with Crippen LogP contribution in [0.15, 0.2) is 83.0 Å². The van der Waals surface area contributed by atoms with E-state index in [9.17, 15) is 9.90 Å². The van der Waals surface area contributed by atoms with Crippen LogP contribution in [-0.4, -0.2) is 15.9 Å². The van der Waals surface area contributed by atoms with Crippen LogP contribution in [-0.2, 0) is 30.3 Å². The number of furan rings is 1. The van der Waals surface area contributed by atoms with Gasteiger partial charge in [-0.25, -0.2) is 0 Å². The molecule has 0 spiro atoms. The van der Waals surface area contributed by atoms with Crippen LogP contribution in [0.2, 0.25) is 0 Å². The van der Waals surface area contributed by atoms with Crippen molar-refractivity contribution in [3.05, 3.63) is 101 Å². The van der Waals surface area contributed by atoms with Gasteiger partial charge in [0.25, 0.3) is 0 Å². The molecule has 3 aromatic carbocycles. The first-order valence-electron chi connectivity index (χ1n) is 17.0. The number of benzene rings is 3. The van der Waals surface area contributed by atoms with Crippen LogP contribution >= 0.6 is 0 Å². The van der Waals surface area contributed by atoms with Gasteiger partial charge in [-0.15, -0.1) is 29.3 Å². The summed E-state index contributed by atoms with van der Waals surface area (Å²) in [4.78, 5) is 16.8. The SMILES string of the molecule is CC(C)c1cc(-c2[c-]ccc3c2C(C)(C)c2c-3oc3ccccc23)nc2ccccc12.CCC(CC)C(=O)/C=C(\O)C(CC)CC.[Ir]. The number of para-hydroxylation sites is 2. The van der Waals surface area contributed by atoms with Crippen molar-refractivity contribution in [2.24, 2.45) is 11.8 Å². The average molecular weight is 807 g/mol. The van der Waals surface area contributed by atoms with Crippen molar-refractivity contribution in [3.63, 3.8) is 0 Å². The molecule has 2 heterocycles. The molecule has 6 rings (SSSR count). The number of allylic oxidation sites excluding steroid dienone is 2. The summed E-state index contributed by atoms with van der Waals surface area (Å²) in [5.41, 5.74) is 8.85. The Labute approximate surface area is 294 Å². The minimum atomic E-state index is -0.199. The summed E-state index contributed by atoms with van der Waals surface area (Å²) in [5.74, 6) is 1.95. The van der Waals surface area contributed by atoms with Crippen molar-refractivity contribution in [3.8, 4) is 22.6 Å². The maximum atomic E-state index is 11.7. The molecule has 0 saturated heterocycles. The number of nitrogens with zero attached hydrogens (tertiary/aromatic N) is 1. The Bertz CT molecular complexity index is 1890. The van der Waals surface area contributed by atoms with E-state index in [1.165, 1.54) is 33.5 Å². The third-order valence-electron chi connectivity index (χ3n) is 9.80. The Morgan fingerprint density at radius 3 is 2.15 bits per heavy atom. The summed E-state index contributed by atoms with van der Waals surface area (Å²) in [6.45, 7) is 17.1. The maximum absolute atomic E-state index is 11.7. The molecule has 47 heavy (non-hydrogen) atoms. The third kappa shape index (κ3) is 6.89. The first-order valence-corrected chi connectivity index (χ1v) is 17.0. The van der Waals surface area contributed by atoms with Gasteiger partial charge < -0.3 is 9.52 Å². The number of aliphatic hydroxyl groups is 1. The Morgan fingerprint density at radius 2 is 1.51 bits per heavy atom. The fourth-order valence-corrected chi connectivity index (χ4v) is 7.11. The molecular weight excluding hydrogens is 759 g/mol. The molecule has 0 saturated carbocycles. The van der Waals surface area contributed by atoms with Gasteiger partial charge in [-0.2, -0.15) is 0 Å². The fraction of sp³-hybridized carbons (Fsp3) is 0.381. The van der Waals surface area contributed by atoms with Crippen molar-refractivity contribution >= 4 is 27.7 Å². The zero-order valence-corrected chi connectivity index (χ0v) is 31.4. The van der Waals surface area contributed by atoms with Crippen LogP contribution < -0.4 is 0 Å². The molecule has 249 valence electrons. The fourth-order valence-electron chi connectivity index (χ4n) is 7.11. The van der Waals surface area contributed by atoms with E-state index in [0.717, 1.165) is 59.4 Å². The van der Waals surface area contributed by atoms with E-state index in [-0.39, 0.29) is 48.9 Å². The van der Waals surface area contributed by atoms with Gasteiger partial charge in [0.05, 0.1) is 11.3 Å². The second-order valence-corrected chi connectivity index (χ2v) is 13.3. The number of pyridine rings is 1. The van der Waals surface area contributed by atoms with Gasteiger partial charge in [0, 0.05) is 54.4 Å². The van der Waals surface area contributed by atoms with Crippen LogP contribution in [0.3, 0.4) is 0 Å². The zero-order valence-electron chi connectivity index (χ0n) is 29.0. The van der Waals surface area contributed by atoms with Crippen molar-refractivity contribution < 1.29 is 34.4 Å². The second kappa shape index (κ2) is 15.1. The largest absolute Gasteiger partial charge is 0.512 e. The van der Waals surface area contributed by atoms with Gasteiger partial charge in [-0.3, -0.25) is 9.78 Å². The van der Waals surface area contributed by atoms with Crippen molar-refractivity contribution in [2.75, 3.05) is 0 Å². The zero-order chi connectivity index (χ0) is 33.2. The van der Waals surface area contributed by atoms with Crippen LogP contribution in [0.4, 0.5) is 0 Å². The number of carbonyl (C=O) groups is 1. The Hall–Kier alpha value is -3.53. The Kier molecular flexibility index (Phi) is 11.7. The molecule has 0 amide bonds. The van der Waals surface area contributed by atoms with Crippen molar-refractivity contribution in [1.82, 2.24) is 4.98 Å². The van der Waals surface area contributed by atoms with Gasteiger partial charge in [0.15, 0.2) is 5.78 Å². The summed E-state index contributed by atoms with van der Waals surface area (Å²) < 4.78 is 6.36. The summed E-state index contributed by atoms with van der Waals surface area (Å²) in [7, 11) is 0. The van der Waals surface area contributed by atoms with Gasteiger partial charge in [0.2, 0.25) is 0 Å². The van der Waals surface area contributed by atoms with E-state index in [1.54, 1.807) is 0 Å². The molecular formula is C42H48IrNO3-. The Balaban J connectivity index is 0.000000269. The van der Waals surface area contributed by atoms with E-state index in [4.69, 9.17) is 9.40 Å². The van der Waals surface area contributed by atoms with Gasteiger partial charge in [0.1, 0.15) is 11.3 Å². The predicted molar refractivity (Wildman–Crippen MR) is 191 cm³/mol. The molecule has 5 aromatic rings. The number of rotatable bonds is 9. The third-order valence-corrected chi connectivity index (χ3v) is 9.80. The normalized spacial score (nSPS) is 13.5. The topological polar surface area (TPSA) is 63.3 Å². The number of aliphatic hydroxyl groups excluding tert-OH is 1. The standard InChI is InChI=1S/C29H24NO.C13H24O2.Ir/c1-17(2)22-16-24(30-23-14-7-5-10-18(22)23)19-12-9-13-21-26(19)29(3,4)27-20-11-6-8-15-25(20)31-28(21)27;1-5-10(6-2)12(14)9-13(15)11(7-3)8-4;/h5-11,13-17H,1-4H3;9-11,14H,5-8H2,1-4H3;/q-1;;/b;12-9-;. The van der Waals surface area contributed by atoms with Crippen LogP contribution in [0.5, 0.6) is 0 Å². The summed E-state index contributed by atoms with van der Waals surface area (Å²) in [6.07, 6.45) is 4.91. The number of hydrogen-bond donors (Lipinski definition) is 1. The van der Waals surface area contributed by atoms with Crippen molar-refractivity contribution in [1.29, 1.82) is 0 Å². The molecule has 2 aromatic heterocycles. The molecule has 0 bridgehead atoms. The number of fused-ring (bicyclic) bond motifs is 6. The number of carbonyl (C=O) groups excluding carboxylic acids is 1. The first kappa shape index (κ1) is 36.3. The monoisotopic (exact) mass is 807 g/mol. The number of ketones is 1. The molecule has 0 fully saturated rings. The summed E-state index contributed by atoms with van der Waals surface area (Å²) >= 11 is 0. The molecule has 1 radical (unpaired) electrons. The summed E-state index contributed by atoms with van der Waals surface area (Å²) in [6, 6.07) is 26.7. The minimum Gasteiger partial charge on any atom is -0.512 e. The van der Waals surface area contributed by atoms with Crippen LogP contribution in [0, 0.1) is 17.9 Å². The molecule has 0 aliphatic heterocycles.